The first-order valence-electron chi connectivity index (χ1n) is 6.64. The van der Waals surface area contributed by atoms with E-state index >= 15 is 0 Å². The molecule has 1 amide bonds. The van der Waals surface area contributed by atoms with Gasteiger partial charge in [-0.1, -0.05) is 24.9 Å². The Morgan fingerprint density at radius 1 is 1.43 bits per heavy atom. The fourth-order valence-corrected chi connectivity index (χ4v) is 3.48. The van der Waals surface area contributed by atoms with E-state index in [9.17, 15) is 4.79 Å². The van der Waals surface area contributed by atoms with Gasteiger partial charge in [-0.3, -0.25) is 4.79 Å². The molecule has 0 N–H and O–H groups in total. The summed E-state index contributed by atoms with van der Waals surface area (Å²) in [4.78, 5) is 18.4. The molecule has 0 aliphatic rings. The smallest absolute Gasteiger partial charge is 0.254 e. The minimum atomic E-state index is -0.0426. The molecule has 0 aliphatic heterocycles. The summed E-state index contributed by atoms with van der Waals surface area (Å²) in [5.74, 6) is -0.0426. The molecule has 6 heteroatoms. The molecule has 2 aromatic heterocycles. The first-order chi connectivity index (χ1) is 9.99. The zero-order valence-electron chi connectivity index (χ0n) is 11.9. The lowest BCUT2D eigenvalue weighted by Crippen LogP contribution is -2.26. The summed E-state index contributed by atoms with van der Waals surface area (Å²) in [6, 6.07) is 5.48. The Morgan fingerprint density at radius 3 is 2.81 bits per heavy atom. The molecule has 0 spiro atoms. The minimum Gasteiger partial charge on any atom is -0.337 e. The Bertz CT molecular complexity index is 644. The lowest BCUT2D eigenvalue weighted by molar-refractivity contribution is 0.0785. The number of carbonyl (C=O) groups excluding carboxylic acids is 1. The maximum atomic E-state index is 12.5. The molecule has 3 nitrogen and oxygen atoms in total. The highest BCUT2D eigenvalue weighted by atomic mass is 79.9. The average Bonchev–Trinajstić information content (AvgIpc) is 2.83. The molecule has 0 fully saturated rings. The Morgan fingerprint density at radius 2 is 2.19 bits per heavy atom. The van der Waals surface area contributed by atoms with Crippen LogP contribution >= 0.6 is 38.9 Å². The number of hydrogen-bond acceptors (Lipinski definition) is 3. The van der Waals surface area contributed by atoms with Gasteiger partial charge in [0.15, 0.2) is 0 Å². The van der Waals surface area contributed by atoms with E-state index in [-0.39, 0.29) is 5.91 Å². The molecule has 0 radical (unpaired) electrons. The monoisotopic (exact) mass is 386 g/mol. The molecule has 21 heavy (non-hydrogen) atoms. The predicted octanol–water partition coefficient (Wildman–Crippen LogP) is 4.78. The van der Waals surface area contributed by atoms with Crippen LogP contribution in [0, 0.1) is 0 Å². The number of carbonyl (C=O) groups is 1. The molecule has 0 saturated carbocycles. The molecule has 0 bridgehead atoms. The number of hydrogen-bond donors (Lipinski definition) is 0. The normalized spacial score (nSPS) is 10.7. The molecule has 0 aromatic carbocycles. The molecule has 112 valence electrons. The number of aryl methyl sites for hydroxylation is 1. The second kappa shape index (κ2) is 7.38. The second-order valence-electron chi connectivity index (χ2n) is 4.84. The maximum absolute atomic E-state index is 12.5. The van der Waals surface area contributed by atoms with Crippen LogP contribution in [0.5, 0.6) is 0 Å². The summed E-state index contributed by atoms with van der Waals surface area (Å²) in [5.41, 5.74) is 2.56. The van der Waals surface area contributed by atoms with Crippen LogP contribution < -0.4 is 0 Å². The zero-order valence-corrected chi connectivity index (χ0v) is 15.1. The van der Waals surface area contributed by atoms with Gasteiger partial charge in [0.1, 0.15) is 5.15 Å². The third-order valence-electron chi connectivity index (χ3n) is 2.99. The SMILES string of the molecule is CCCc1cc(C(=O)N(C)Cc2csc(Br)c2)cc(Cl)n1. The zero-order chi connectivity index (χ0) is 15.4. The highest BCUT2D eigenvalue weighted by Crippen LogP contribution is 2.22. The van der Waals surface area contributed by atoms with Gasteiger partial charge in [-0.15, -0.1) is 11.3 Å². The van der Waals surface area contributed by atoms with Crippen LogP contribution in [0.4, 0.5) is 0 Å². The van der Waals surface area contributed by atoms with E-state index in [1.807, 2.05) is 17.5 Å². The van der Waals surface area contributed by atoms with E-state index in [1.54, 1.807) is 29.4 Å². The second-order valence-corrected chi connectivity index (χ2v) is 7.52. The van der Waals surface area contributed by atoms with Crippen molar-refractivity contribution in [2.45, 2.75) is 26.3 Å². The molecule has 0 aliphatic carbocycles. The summed E-state index contributed by atoms with van der Waals surface area (Å²) in [6.45, 7) is 2.65. The van der Waals surface area contributed by atoms with Gasteiger partial charge in [-0.05, 0) is 51.5 Å². The van der Waals surface area contributed by atoms with Gasteiger partial charge in [0.05, 0.1) is 3.79 Å². The summed E-state index contributed by atoms with van der Waals surface area (Å²) in [7, 11) is 1.79. The Balaban J connectivity index is 2.14. The number of thiophene rings is 1. The van der Waals surface area contributed by atoms with Crippen molar-refractivity contribution in [3.05, 3.63) is 49.3 Å². The third kappa shape index (κ3) is 4.53. The van der Waals surface area contributed by atoms with Crippen LogP contribution in [0.3, 0.4) is 0 Å². The third-order valence-corrected chi connectivity index (χ3v) is 4.74. The van der Waals surface area contributed by atoms with Crippen molar-refractivity contribution in [3.63, 3.8) is 0 Å². The van der Waals surface area contributed by atoms with Crippen LogP contribution in [-0.2, 0) is 13.0 Å². The van der Waals surface area contributed by atoms with Crippen LogP contribution in [0.2, 0.25) is 5.15 Å². The van der Waals surface area contributed by atoms with Crippen molar-refractivity contribution in [1.82, 2.24) is 9.88 Å². The Hall–Kier alpha value is -0.910. The molecule has 2 aromatic rings. The van der Waals surface area contributed by atoms with E-state index in [0.29, 0.717) is 17.3 Å². The fraction of sp³-hybridized carbons (Fsp3) is 0.333. The maximum Gasteiger partial charge on any atom is 0.254 e. The van der Waals surface area contributed by atoms with E-state index in [0.717, 1.165) is 27.9 Å². The number of rotatable bonds is 5. The molecule has 2 heterocycles. The number of aromatic nitrogens is 1. The largest absolute Gasteiger partial charge is 0.337 e. The van der Waals surface area contributed by atoms with Crippen molar-refractivity contribution >= 4 is 44.8 Å². The lowest BCUT2D eigenvalue weighted by atomic mass is 10.1. The van der Waals surface area contributed by atoms with Gasteiger partial charge >= 0.3 is 0 Å². The lowest BCUT2D eigenvalue weighted by Gasteiger charge is -2.17. The Labute approximate surface area is 142 Å². The predicted molar refractivity (Wildman–Crippen MR) is 91.1 cm³/mol. The molecule has 0 saturated heterocycles. The summed E-state index contributed by atoms with van der Waals surface area (Å²) >= 11 is 11.1. The van der Waals surface area contributed by atoms with Crippen molar-refractivity contribution < 1.29 is 4.79 Å². The van der Waals surface area contributed by atoms with Gasteiger partial charge < -0.3 is 4.90 Å². The number of halogens is 2. The molecular weight excluding hydrogens is 372 g/mol. The van der Waals surface area contributed by atoms with Crippen LogP contribution in [0.1, 0.15) is 35.0 Å². The topological polar surface area (TPSA) is 33.2 Å². The van der Waals surface area contributed by atoms with E-state index in [2.05, 4.69) is 27.8 Å². The van der Waals surface area contributed by atoms with Gasteiger partial charge in [0.25, 0.3) is 5.91 Å². The summed E-state index contributed by atoms with van der Waals surface area (Å²) < 4.78 is 1.07. The van der Waals surface area contributed by atoms with Crippen molar-refractivity contribution in [1.29, 1.82) is 0 Å². The minimum absolute atomic E-state index is 0.0426. The standard InChI is InChI=1S/C15H16BrClN2OS/c1-3-4-12-6-11(7-14(17)18-12)15(20)19(2)8-10-5-13(16)21-9-10/h5-7,9H,3-4,8H2,1-2H3. The van der Waals surface area contributed by atoms with Crippen LogP contribution in [0.25, 0.3) is 0 Å². The van der Waals surface area contributed by atoms with Gasteiger partial charge in [-0.2, -0.15) is 0 Å². The van der Waals surface area contributed by atoms with Crippen molar-refractivity contribution in [2.75, 3.05) is 7.05 Å². The van der Waals surface area contributed by atoms with E-state index < -0.39 is 0 Å². The quantitative estimate of drug-likeness (QED) is 0.691. The van der Waals surface area contributed by atoms with Gasteiger partial charge in [0.2, 0.25) is 0 Å². The molecule has 2 rings (SSSR count). The average molecular weight is 388 g/mol. The van der Waals surface area contributed by atoms with Crippen LogP contribution in [0.15, 0.2) is 27.4 Å². The number of amides is 1. The van der Waals surface area contributed by atoms with E-state index in [4.69, 9.17) is 11.6 Å². The molecule has 0 atom stereocenters. The fourth-order valence-electron chi connectivity index (χ4n) is 2.05. The summed E-state index contributed by atoms with van der Waals surface area (Å²) in [5, 5.41) is 2.41. The van der Waals surface area contributed by atoms with Crippen molar-refractivity contribution in [2.24, 2.45) is 0 Å². The summed E-state index contributed by atoms with van der Waals surface area (Å²) in [6.07, 6.45) is 1.79. The number of pyridine rings is 1. The Kier molecular flexibility index (Phi) is 5.79. The molecular formula is C15H16BrClN2OS. The van der Waals surface area contributed by atoms with Crippen LogP contribution in [-0.4, -0.2) is 22.8 Å². The number of nitrogens with zero attached hydrogens (tertiary/aromatic N) is 2. The molecule has 0 unspecified atom stereocenters. The first kappa shape index (κ1) is 16.5. The van der Waals surface area contributed by atoms with E-state index in [1.165, 1.54) is 0 Å². The van der Waals surface area contributed by atoms with Crippen molar-refractivity contribution in [3.8, 4) is 0 Å². The van der Waals surface area contributed by atoms with Gasteiger partial charge in [0, 0.05) is 24.8 Å². The highest BCUT2D eigenvalue weighted by Gasteiger charge is 2.14. The first-order valence-corrected chi connectivity index (χ1v) is 8.69. The highest BCUT2D eigenvalue weighted by molar-refractivity contribution is 9.11. The van der Waals surface area contributed by atoms with Gasteiger partial charge in [-0.25, -0.2) is 4.98 Å².